The van der Waals surface area contributed by atoms with Gasteiger partial charge in [0, 0.05) is 48.8 Å². The van der Waals surface area contributed by atoms with Crippen LogP contribution >= 0.6 is 0 Å². The summed E-state index contributed by atoms with van der Waals surface area (Å²) in [6, 6.07) is 9.04. The zero-order valence-corrected chi connectivity index (χ0v) is 23.1. The molecule has 1 amide bonds. The number of anilines is 1. The van der Waals surface area contributed by atoms with E-state index in [4.69, 9.17) is 16.1 Å². The van der Waals surface area contributed by atoms with Gasteiger partial charge in [0.2, 0.25) is 0 Å². The average Bonchev–Trinajstić information content (AvgIpc) is 3.32. The van der Waals surface area contributed by atoms with Crippen LogP contribution in [0.1, 0.15) is 56.3 Å². The molecule has 41 heavy (non-hydrogen) atoms. The monoisotopic (exact) mass is 562 g/mol. The number of amidine groups is 1. The lowest BCUT2D eigenvalue weighted by Gasteiger charge is -2.38. The molecule has 5 rings (SSSR count). The van der Waals surface area contributed by atoms with Crippen LogP contribution < -0.4 is 16.0 Å². The summed E-state index contributed by atoms with van der Waals surface area (Å²) in [5.41, 5.74) is 8.54. The number of nitrogens with two attached hydrogens (primary N) is 1. The molecule has 1 aliphatic carbocycles. The van der Waals surface area contributed by atoms with Crippen LogP contribution in [0, 0.1) is 5.41 Å². The Morgan fingerprint density at radius 1 is 1.10 bits per heavy atom. The number of fused-ring (bicyclic) bond motifs is 1. The Hall–Kier alpha value is -4.03. The van der Waals surface area contributed by atoms with Gasteiger partial charge in [0.1, 0.15) is 17.9 Å². The average molecular weight is 563 g/mol. The molecule has 2 fully saturated rings. The first-order valence-corrected chi connectivity index (χ1v) is 14.3. The molecular formula is C29H38N8O4. The fourth-order valence-electron chi connectivity index (χ4n) is 6.07. The second-order valence-corrected chi connectivity index (χ2v) is 10.9. The first kappa shape index (κ1) is 28.5. The molecule has 3 heterocycles. The van der Waals surface area contributed by atoms with E-state index in [0.29, 0.717) is 48.4 Å². The van der Waals surface area contributed by atoms with E-state index in [1.54, 1.807) is 30.6 Å². The quantitative estimate of drug-likeness (QED) is 0.113. The molecule has 2 aliphatic rings. The smallest absolute Gasteiger partial charge is 0.394 e. The molecule has 1 saturated carbocycles. The van der Waals surface area contributed by atoms with Crippen molar-refractivity contribution in [2.45, 2.75) is 76.3 Å². The number of pyridine rings is 1. The standard InChI is InChI=1S/C29H38N8O4/c30-27(31)19-6-7-24-23(16-19)34-25(37(24)18-26(38)33-20-4-2-1-3-5-20)17-36(28(39)29(40)41)22-10-14-35(15-11-22)21-8-12-32-13-9-21/h6-9,12-13,16,20,22,26,33,38H,1-5,10-11,14-15,17-18H2,(H3,30,31)(H,40,41). The topological polar surface area (TPSA) is 174 Å². The minimum Gasteiger partial charge on any atom is -0.474 e. The molecule has 12 nitrogen and oxygen atoms in total. The summed E-state index contributed by atoms with van der Waals surface area (Å²) in [4.78, 5) is 37.4. The number of aliphatic carboxylic acids is 1. The third-order valence-corrected chi connectivity index (χ3v) is 8.22. The number of carbonyl (C=O) groups is 2. The van der Waals surface area contributed by atoms with Crippen molar-refractivity contribution in [1.29, 1.82) is 5.41 Å². The van der Waals surface area contributed by atoms with E-state index in [9.17, 15) is 19.8 Å². The van der Waals surface area contributed by atoms with Gasteiger partial charge in [0.15, 0.2) is 0 Å². The molecule has 1 atom stereocenters. The molecule has 6 N–H and O–H groups in total. The lowest BCUT2D eigenvalue weighted by Crippen LogP contribution is -2.49. The molecule has 0 bridgehead atoms. The number of rotatable bonds is 9. The summed E-state index contributed by atoms with van der Waals surface area (Å²) in [5, 5.41) is 31.9. The second kappa shape index (κ2) is 12.6. The molecule has 0 spiro atoms. The van der Waals surface area contributed by atoms with Gasteiger partial charge in [-0.1, -0.05) is 19.3 Å². The number of carbonyl (C=O) groups excluding carboxylic acids is 1. The fourth-order valence-corrected chi connectivity index (χ4v) is 6.07. The van der Waals surface area contributed by atoms with Crippen LogP contribution in [0.25, 0.3) is 11.0 Å². The van der Waals surface area contributed by atoms with Crippen molar-refractivity contribution in [3.05, 3.63) is 54.1 Å². The molecule has 1 saturated heterocycles. The van der Waals surface area contributed by atoms with Crippen LogP contribution in [0.4, 0.5) is 5.69 Å². The first-order valence-electron chi connectivity index (χ1n) is 14.3. The van der Waals surface area contributed by atoms with Crippen LogP contribution in [0.5, 0.6) is 0 Å². The van der Waals surface area contributed by atoms with Crippen molar-refractivity contribution >= 4 is 34.4 Å². The van der Waals surface area contributed by atoms with Crippen molar-refractivity contribution < 1.29 is 19.8 Å². The number of benzene rings is 1. The first-order chi connectivity index (χ1) is 19.8. The van der Waals surface area contributed by atoms with Crippen molar-refractivity contribution in [3.63, 3.8) is 0 Å². The van der Waals surface area contributed by atoms with E-state index >= 15 is 0 Å². The van der Waals surface area contributed by atoms with Gasteiger partial charge in [-0.2, -0.15) is 0 Å². The normalized spacial score (nSPS) is 17.4. The zero-order chi connectivity index (χ0) is 28.9. The summed E-state index contributed by atoms with van der Waals surface area (Å²) in [6.07, 6.45) is 9.30. The van der Waals surface area contributed by atoms with Crippen LogP contribution in [-0.4, -0.2) is 78.8 Å². The molecule has 2 aromatic heterocycles. The Morgan fingerprint density at radius 3 is 2.46 bits per heavy atom. The van der Waals surface area contributed by atoms with Gasteiger partial charge in [-0.25, -0.2) is 9.78 Å². The van der Waals surface area contributed by atoms with Crippen molar-refractivity contribution in [2.24, 2.45) is 5.73 Å². The van der Waals surface area contributed by atoms with E-state index in [-0.39, 0.29) is 31.0 Å². The number of aromatic nitrogens is 3. The number of hydrogen-bond acceptors (Lipinski definition) is 8. The van der Waals surface area contributed by atoms with Gasteiger partial charge in [-0.3, -0.25) is 20.5 Å². The number of imidazole rings is 1. The maximum Gasteiger partial charge on any atom is 0.394 e. The van der Waals surface area contributed by atoms with Crippen molar-refractivity contribution in [1.82, 2.24) is 24.8 Å². The minimum absolute atomic E-state index is 0.0225. The lowest BCUT2D eigenvalue weighted by molar-refractivity contribution is -0.158. The van der Waals surface area contributed by atoms with E-state index in [0.717, 1.165) is 31.4 Å². The molecule has 1 aromatic carbocycles. The minimum atomic E-state index is -1.51. The number of aliphatic hydroxyl groups excluding tert-OH is 1. The molecule has 12 heteroatoms. The van der Waals surface area contributed by atoms with E-state index in [1.807, 2.05) is 16.7 Å². The van der Waals surface area contributed by atoms with Gasteiger partial charge >= 0.3 is 11.9 Å². The molecule has 3 aromatic rings. The summed E-state index contributed by atoms with van der Waals surface area (Å²) in [5.74, 6) is -2.11. The zero-order valence-electron chi connectivity index (χ0n) is 23.1. The Labute approximate surface area is 238 Å². The van der Waals surface area contributed by atoms with Crippen LogP contribution in [-0.2, 0) is 22.7 Å². The number of amides is 1. The third kappa shape index (κ3) is 6.66. The summed E-state index contributed by atoms with van der Waals surface area (Å²) in [6.45, 7) is 1.49. The molecule has 218 valence electrons. The number of nitrogens with one attached hydrogen (secondary N) is 2. The summed E-state index contributed by atoms with van der Waals surface area (Å²) < 4.78 is 1.84. The maximum absolute atomic E-state index is 13.0. The lowest BCUT2D eigenvalue weighted by atomic mass is 9.95. The number of hydrogen-bond donors (Lipinski definition) is 5. The number of carboxylic acids is 1. The Morgan fingerprint density at radius 2 is 1.80 bits per heavy atom. The highest BCUT2D eigenvalue weighted by Crippen LogP contribution is 2.26. The SMILES string of the molecule is N=C(N)c1ccc2c(c1)nc(CN(C(=O)C(=O)O)C1CCN(c3ccncc3)CC1)n2CC(O)NC1CCCCC1. The number of piperidine rings is 1. The predicted octanol–water partition coefficient (Wildman–Crippen LogP) is 2.04. The highest BCUT2D eigenvalue weighted by atomic mass is 16.4. The summed E-state index contributed by atoms with van der Waals surface area (Å²) >= 11 is 0. The van der Waals surface area contributed by atoms with E-state index in [2.05, 4.69) is 15.2 Å². The Balaban J connectivity index is 1.41. The number of nitrogens with zero attached hydrogens (tertiary/aromatic N) is 5. The van der Waals surface area contributed by atoms with Gasteiger partial charge in [0.25, 0.3) is 0 Å². The van der Waals surface area contributed by atoms with Crippen LogP contribution in [0.15, 0.2) is 42.7 Å². The van der Waals surface area contributed by atoms with Crippen LogP contribution in [0.3, 0.4) is 0 Å². The third-order valence-electron chi connectivity index (χ3n) is 8.22. The number of nitrogen functional groups attached to an aromatic ring is 1. The number of aliphatic hydroxyl groups is 1. The van der Waals surface area contributed by atoms with Gasteiger partial charge in [0.05, 0.1) is 24.1 Å². The van der Waals surface area contributed by atoms with Gasteiger partial charge in [-0.15, -0.1) is 0 Å². The maximum atomic E-state index is 13.0. The summed E-state index contributed by atoms with van der Waals surface area (Å²) in [7, 11) is 0. The Bertz CT molecular complexity index is 1380. The van der Waals surface area contributed by atoms with Crippen LogP contribution in [0.2, 0.25) is 0 Å². The van der Waals surface area contributed by atoms with E-state index in [1.165, 1.54) is 11.3 Å². The largest absolute Gasteiger partial charge is 0.474 e. The number of carboxylic acid groups (broad SMARTS) is 1. The molecule has 0 radical (unpaired) electrons. The van der Waals surface area contributed by atoms with Crippen molar-refractivity contribution in [3.8, 4) is 0 Å². The molecule has 1 aliphatic heterocycles. The fraction of sp³-hybridized carbons (Fsp3) is 0.483. The Kier molecular flexibility index (Phi) is 8.79. The highest BCUT2D eigenvalue weighted by molar-refractivity contribution is 6.31. The second-order valence-electron chi connectivity index (χ2n) is 10.9. The van der Waals surface area contributed by atoms with Crippen molar-refractivity contribution in [2.75, 3.05) is 18.0 Å². The van der Waals surface area contributed by atoms with Gasteiger partial charge in [-0.05, 0) is 56.0 Å². The molecular weight excluding hydrogens is 524 g/mol. The van der Waals surface area contributed by atoms with E-state index < -0.39 is 18.1 Å². The highest BCUT2D eigenvalue weighted by Gasteiger charge is 2.33. The predicted molar refractivity (Wildman–Crippen MR) is 154 cm³/mol. The van der Waals surface area contributed by atoms with Gasteiger partial charge < -0.3 is 30.3 Å². The molecule has 1 unspecified atom stereocenters.